The lowest BCUT2D eigenvalue weighted by atomic mass is 9.84. The van der Waals surface area contributed by atoms with Crippen molar-refractivity contribution >= 4 is 46.5 Å². The van der Waals surface area contributed by atoms with Crippen molar-refractivity contribution in [3.8, 4) is 5.75 Å². The van der Waals surface area contributed by atoms with Crippen LogP contribution in [0.5, 0.6) is 5.75 Å². The number of carbonyl (C=O) groups is 4. The number of imide groups is 1. The number of methoxy groups -OCH3 is 2. The first-order chi connectivity index (χ1) is 19.3. The second-order valence-electron chi connectivity index (χ2n) is 10.1. The molecule has 4 amide bonds. The average Bonchev–Trinajstić information content (AvgIpc) is 2.91. The summed E-state index contributed by atoms with van der Waals surface area (Å²) in [5.74, 6) is -0.517. The van der Waals surface area contributed by atoms with Gasteiger partial charge in [0.25, 0.3) is 5.91 Å². The molecule has 0 aliphatic carbocycles. The molecule has 1 aliphatic heterocycles. The van der Waals surface area contributed by atoms with Gasteiger partial charge in [-0.1, -0.05) is 39.8 Å². The van der Waals surface area contributed by atoms with Gasteiger partial charge in [0.05, 0.1) is 19.8 Å². The van der Waals surface area contributed by atoms with Gasteiger partial charge in [-0.3, -0.25) is 28.8 Å². The number of anilines is 2. The Morgan fingerprint density at radius 2 is 1.78 bits per heavy atom. The van der Waals surface area contributed by atoms with Crippen molar-refractivity contribution in [2.45, 2.75) is 58.9 Å². The quantitative estimate of drug-likeness (QED) is 0.295. The van der Waals surface area contributed by atoms with Crippen molar-refractivity contribution in [2.24, 2.45) is 0 Å². The predicted octanol–water partition coefficient (Wildman–Crippen LogP) is 3.53. The highest BCUT2D eigenvalue weighted by atomic mass is 32.2. The first-order valence-corrected chi connectivity index (χ1v) is 14.0. The number of nitrogens with zero attached hydrogens (tertiary/aromatic N) is 1. The number of hydrogen-bond donors (Lipinski definition) is 3. The first kappa shape index (κ1) is 33.4. The number of hydrogen-bond acceptors (Lipinski definition) is 8. The molecule has 0 radical (unpaired) electrons. The maximum atomic E-state index is 13.3. The van der Waals surface area contributed by atoms with Crippen LogP contribution < -0.4 is 25.0 Å². The van der Waals surface area contributed by atoms with E-state index in [0.29, 0.717) is 23.5 Å². The fraction of sp³-hybridized carbons (Fsp3) is 0.429. The summed E-state index contributed by atoms with van der Waals surface area (Å²) in [5, 5.41) is 5.12. The molecule has 2 aromatic carbocycles. The molecule has 12 nitrogen and oxygen atoms in total. The minimum atomic E-state index is -2.36. The summed E-state index contributed by atoms with van der Waals surface area (Å²) in [4.78, 5) is 48.9. The summed E-state index contributed by atoms with van der Waals surface area (Å²) < 4.78 is 33.6. The Morgan fingerprint density at radius 1 is 1.12 bits per heavy atom. The van der Waals surface area contributed by atoms with Gasteiger partial charge in [0.1, 0.15) is 5.75 Å². The van der Waals surface area contributed by atoms with E-state index in [1.165, 1.54) is 19.1 Å². The zero-order valence-corrected chi connectivity index (χ0v) is 24.9. The molecule has 2 aromatic rings. The minimum Gasteiger partial charge on any atom is -0.760 e. The Labute approximate surface area is 242 Å². The van der Waals surface area contributed by atoms with Crippen LogP contribution in [0.15, 0.2) is 36.4 Å². The number of ether oxygens (including phenoxy) is 2. The van der Waals surface area contributed by atoms with Crippen LogP contribution in [-0.2, 0) is 37.6 Å². The molecule has 3 N–H and O–H groups in total. The fourth-order valence-corrected chi connectivity index (χ4v) is 4.16. The lowest BCUT2D eigenvalue weighted by Crippen LogP contribution is -2.49. The zero-order valence-electron chi connectivity index (χ0n) is 24.1. The number of carbonyl (C=O) groups excluding carboxylic acids is 4. The van der Waals surface area contributed by atoms with Crippen molar-refractivity contribution < 1.29 is 37.4 Å². The molecule has 13 heteroatoms. The van der Waals surface area contributed by atoms with E-state index in [2.05, 4.69) is 20.1 Å². The summed E-state index contributed by atoms with van der Waals surface area (Å²) in [6.07, 6.45) is 1.56. The van der Waals surface area contributed by atoms with Crippen molar-refractivity contribution in [2.75, 3.05) is 31.0 Å². The van der Waals surface area contributed by atoms with E-state index >= 15 is 0 Å². The molecular formula is C28H37N4O8S-. The molecule has 1 heterocycles. The molecule has 224 valence electrons. The molecular weight excluding hydrogens is 552 g/mol. The molecule has 0 saturated carbocycles. The maximum Gasteiger partial charge on any atom is 0.328 e. The Morgan fingerprint density at radius 3 is 2.27 bits per heavy atom. The van der Waals surface area contributed by atoms with Crippen LogP contribution in [0.2, 0.25) is 0 Å². The topological polar surface area (TPSA) is 166 Å². The second-order valence-corrected chi connectivity index (χ2v) is 10.9. The maximum absolute atomic E-state index is 13.3. The van der Waals surface area contributed by atoms with Crippen LogP contribution in [0.25, 0.3) is 0 Å². The van der Waals surface area contributed by atoms with E-state index in [4.69, 9.17) is 4.74 Å². The Bertz CT molecular complexity index is 1280. The Hall–Kier alpha value is -3.81. The molecule has 0 bridgehead atoms. The van der Waals surface area contributed by atoms with Crippen molar-refractivity contribution in [3.05, 3.63) is 53.1 Å². The number of amides is 4. The predicted molar refractivity (Wildman–Crippen MR) is 154 cm³/mol. The van der Waals surface area contributed by atoms with Crippen LogP contribution in [-0.4, -0.2) is 53.3 Å². The monoisotopic (exact) mass is 589 g/mol. The van der Waals surface area contributed by atoms with Gasteiger partial charge in [0.15, 0.2) is 0 Å². The van der Waals surface area contributed by atoms with Gasteiger partial charge in [-0.15, -0.1) is 0 Å². The summed E-state index contributed by atoms with van der Waals surface area (Å²) in [7, 11) is 2.88. The highest BCUT2D eigenvalue weighted by molar-refractivity contribution is 7.77. The molecule has 1 aliphatic rings. The van der Waals surface area contributed by atoms with Crippen LogP contribution in [0, 0.1) is 0 Å². The molecule has 3 rings (SSSR count). The van der Waals surface area contributed by atoms with Gasteiger partial charge >= 0.3 is 12.0 Å². The summed E-state index contributed by atoms with van der Waals surface area (Å²) in [5.41, 5.74) is 2.27. The third kappa shape index (κ3) is 9.95. The lowest BCUT2D eigenvalue weighted by Gasteiger charge is -2.30. The second kappa shape index (κ2) is 15.3. The van der Waals surface area contributed by atoms with Crippen molar-refractivity contribution in [1.82, 2.24) is 10.0 Å². The highest BCUT2D eigenvalue weighted by Gasteiger charge is 2.30. The fourth-order valence-electron chi connectivity index (χ4n) is 3.88. The van der Waals surface area contributed by atoms with Gasteiger partial charge in [-0.25, -0.2) is 9.52 Å². The molecule has 1 fully saturated rings. The first-order valence-electron chi connectivity index (χ1n) is 12.9. The molecule has 1 atom stereocenters. The van der Waals surface area contributed by atoms with Gasteiger partial charge < -0.3 is 19.3 Å². The third-order valence-corrected chi connectivity index (χ3v) is 6.36. The van der Waals surface area contributed by atoms with Crippen molar-refractivity contribution in [1.29, 1.82) is 0 Å². The van der Waals surface area contributed by atoms with Crippen LogP contribution in [0.3, 0.4) is 0 Å². The van der Waals surface area contributed by atoms with E-state index in [1.54, 1.807) is 36.4 Å². The standard InChI is InChI=1S/C23H28N4O6S.C5H10O2/c1-23(2,3)18-12-16(27-10-9-19(28)26-22(27)30)11-17(20(18)33-4)21(29)25-15-7-5-14(6-8-15)13-24-34(31)32;1-3-4-5(6)7-2/h5-8,11-12,24H,9-10,13H2,1-4H3,(H,25,29)(H,31,32)(H,26,28,30);3-4H2,1-2H3/p-1. The van der Waals surface area contributed by atoms with Crippen molar-refractivity contribution in [3.63, 3.8) is 0 Å². The molecule has 1 unspecified atom stereocenters. The molecule has 0 spiro atoms. The van der Waals surface area contributed by atoms with Crippen LogP contribution >= 0.6 is 0 Å². The molecule has 1 saturated heterocycles. The molecule has 41 heavy (non-hydrogen) atoms. The Balaban J connectivity index is 0.000000745. The number of benzene rings is 2. The smallest absolute Gasteiger partial charge is 0.328 e. The van der Waals surface area contributed by atoms with Crippen LogP contribution in [0.4, 0.5) is 16.2 Å². The zero-order chi connectivity index (χ0) is 30.7. The van der Waals surface area contributed by atoms with E-state index < -0.39 is 28.6 Å². The Kier molecular flexibility index (Phi) is 12.4. The number of rotatable bonds is 9. The normalized spacial score (nSPS) is 13.9. The lowest BCUT2D eigenvalue weighted by molar-refractivity contribution is -0.140. The number of nitrogens with one attached hydrogen (secondary N) is 3. The van der Waals surface area contributed by atoms with E-state index in [-0.39, 0.29) is 37.0 Å². The summed E-state index contributed by atoms with van der Waals surface area (Å²) in [6, 6.07) is 9.53. The molecule has 0 aromatic heterocycles. The van der Waals surface area contributed by atoms with E-state index in [1.807, 2.05) is 27.7 Å². The highest BCUT2D eigenvalue weighted by Crippen LogP contribution is 2.38. The minimum absolute atomic E-state index is 0.123. The van der Waals surface area contributed by atoms with E-state index in [0.717, 1.165) is 17.5 Å². The SMILES string of the molecule is CCCC(=O)OC.COc1c(C(=O)Nc2ccc(CNS(=O)[O-])cc2)cc(N2CCC(=O)NC2=O)cc1C(C)(C)C. The summed E-state index contributed by atoms with van der Waals surface area (Å²) >= 11 is -2.36. The van der Waals surface area contributed by atoms with Crippen LogP contribution in [0.1, 0.15) is 68.4 Å². The van der Waals surface area contributed by atoms with Gasteiger partial charge in [-0.05, 0) is 41.7 Å². The number of urea groups is 1. The largest absolute Gasteiger partial charge is 0.760 e. The van der Waals surface area contributed by atoms with Gasteiger partial charge in [0, 0.05) is 54.1 Å². The summed E-state index contributed by atoms with van der Waals surface area (Å²) in [6.45, 7) is 8.19. The van der Waals surface area contributed by atoms with Gasteiger partial charge in [0.2, 0.25) is 5.91 Å². The average molecular weight is 590 g/mol. The number of esters is 1. The van der Waals surface area contributed by atoms with Gasteiger partial charge in [-0.2, -0.15) is 0 Å². The third-order valence-electron chi connectivity index (χ3n) is 5.98. The van der Waals surface area contributed by atoms with E-state index in [9.17, 15) is 27.9 Å².